The van der Waals surface area contributed by atoms with Crippen molar-refractivity contribution in [2.24, 2.45) is 5.73 Å². The van der Waals surface area contributed by atoms with E-state index in [9.17, 15) is 14.0 Å². The first-order valence-corrected chi connectivity index (χ1v) is 13.3. The van der Waals surface area contributed by atoms with Crippen LogP contribution in [-0.2, 0) is 5.41 Å². The Morgan fingerprint density at radius 3 is 2.40 bits per heavy atom. The lowest BCUT2D eigenvalue weighted by molar-refractivity contribution is 0.0995. The largest absolute Gasteiger partial charge is 0.457 e. The van der Waals surface area contributed by atoms with E-state index >= 15 is 0 Å². The minimum atomic E-state index is -0.720. The van der Waals surface area contributed by atoms with E-state index in [2.05, 4.69) is 20.6 Å². The number of ether oxygens (including phenoxy) is 1. The Balaban J connectivity index is 0.00000199. The molecule has 10 nitrogen and oxygen atoms in total. The highest BCUT2D eigenvalue weighted by atomic mass is 19.1. The maximum absolute atomic E-state index is 14.9. The van der Waals surface area contributed by atoms with Crippen LogP contribution in [0, 0.1) is 5.82 Å². The Labute approximate surface area is 247 Å². The summed E-state index contributed by atoms with van der Waals surface area (Å²) in [4.78, 5) is 32.5. The Morgan fingerprint density at radius 1 is 0.929 bits per heavy atom. The van der Waals surface area contributed by atoms with Crippen molar-refractivity contribution < 1.29 is 23.0 Å². The molecule has 0 radical (unpaired) electrons. The molecule has 4 N–H and O–H groups in total. The number of nitrogens with two attached hydrogens (primary N) is 1. The van der Waals surface area contributed by atoms with Gasteiger partial charge >= 0.3 is 6.03 Å². The molecule has 5 rings (SSSR count). The number of primary amides is 1. The summed E-state index contributed by atoms with van der Waals surface area (Å²) in [5.41, 5.74) is 7.24. The molecule has 3 heterocycles. The number of fused-ring (bicyclic) bond motifs is 1. The molecule has 0 saturated heterocycles. The molecule has 0 aliphatic heterocycles. The van der Waals surface area contributed by atoms with Crippen LogP contribution in [0.3, 0.4) is 0 Å². The molecule has 0 aliphatic carbocycles. The van der Waals surface area contributed by atoms with Crippen LogP contribution in [0.4, 0.5) is 20.7 Å². The van der Waals surface area contributed by atoms with Crippen LogP contribution in [0.15, 0.2) is 79.1 Å². The highest BCUT2D eigenvalue weighted by molar-refractivity contribution is 5.99. The second kappa shape index (κ2) is 12.5. The summed E-state index contributed by atoms with van der Waals surface area (Å²) < 4.78 is 22.1. The molecular weight excluding hydrogens is 537 g/mol. The highest BCUT2D eigenvalue weighted by Gasteiger charge is 2.22. The van der Waals surface area contributed by atoms with E-state index in [0.29, 0.717) is 5.82 Å². The van der Waals surface area contributed by atoms with Gasteiger partial charge in [0.1, 0.15) is 28.8 Å². The fourth-order valence-corrected chi connectivity index (χ4v) is 3.90. The molecule has 0 fully saturated rings. The number of carbonyl (C=O) groups is 2. The van der Waals surface area contributed by atoms with Crippen LogP contribution in [0.2, 0.25) is 0 Å². The first kappa shape index (κ1) is 29.7. The van der Waals surface area contributed by atoms with Crippen molar-refractivity contribution in [3.63, 3.8) is 0 Å². The Bertz CT molecular complexity index is 1760. The molecule has 5 aromatic rings. The molecule has 0 atom stereocenters. The lowest BCUT2D eigenvalue weighted by Gasteiger charge is -2.14. The second-order valence-corrected chi connectivity index (χ2v) is 10.0. The van der Waals surface area contributed by atoms with Gasteiger partial charge in [-0.05, 0) is 42.5 Å². The van der Waals surface area contributed by atoms with E-state index in [1.165, 1.54) is 30.5 Å². The number of halogens is 1. The monoisotopic (exact) mass is 575 g/mol. The van der Waals surface area contributed by atoms with E-state index in [0.717, 1.165) is 28.4 Å². The van der Waals surface area contributed by atoms with Crippen molar-refractivity contribution in [2.45, 2.75) is 40.0 Å². The lowest BCUT2D eigenvalue weighted by Crippen LogP contribution is -2.22. The predicted octanol–water partition coefficient (Wildman–Crippen LogP) is 7.55. The molecule has 11 heteroatoms. The number of carbonyl (C=O) groups excluding carboxylic acids is 2. The minimum absolute atomic E-state index is 0. The zero-order valence-electron chi connectivity index (χ0n) is 24.0. The fourth-order valence-electron chi connectivity index (χ4n) is 3.90. The molecular formula is C31H38FN7O3. The number of nitrogens with zero attached hydrogens (tertiary/aromatic N) is 4. The fraction of sp³-hybridized carbons (Fsp3) is 0.194. The van der Waals surface area contributed by atoms with E-state index in [4.69, 9.17) is 15.6 Å². The van der Waals surface area contributed by atoms with Crippen molar-refractivity contribution in [3.05, 3.63) is 96.3 Å². The van der Waals surface area contributed by atoms with Crippen LogP contribution >= 0.6 is 0 Å². The number of hydrogen-bond donors (Lipinski definition) is 3. The van der Waals surface area contributed by atoms with Crippen LogP contribution < -0.4 is 21.1 Å². The molecule has 3 amide bonds. The van der Waals surface area contributed by atoms with Crippen molar-refractivity contribution in [1.82, 2.24) is 19.7 Å². The van der Waals surface area contributed by atoms with E-state index in [1.807, 2.05) is 65.0 Å². The number of hydrogen-bond acceptors (Lipinski definition) is 6. The standard InChI is InChI=1S/C29H26FN7O3.C2H6.3H2/c1-29(2,3)25-16-26(37(36-25)18-6-8-22-17(13-18)5-4-11-32-22)35-28(39)34-23-9-7-19(14-21(23)30)40-20-10-12-33-24(15-20)27(31)38;1-2;;;/h4-16H,1-3H3,(H2,31,38)(H2,34,35,39);1-2H3;3*1H. The molecule has 0 saturated carbocycles. The Morgan fingerprint density at radius 2 is 1.69 bits per heavy atom. The molecule has 0 spiro atoms. The molecule has 0 bridgehead atoms. The Kier molecular flexibility index (Phi) is 8.80. The highest BCUT2D eigenvalue weighted by Crippen LogP contribution is 2.29. The number of aromatic nitrogens is 4. The van der Waals surface area contributed by atoms with Gasteiger partial charge < -0.3 is 15.8 Å². The van der Waals surface area contributed by atoms with E-state index in [1.54, 1.807) is 16.9 Å². The first-order valence-electron chi connectivity index (χ1n) is 13.3. The third kappa shape index (κ3) is 6.87. The maximum atomic E-state index is 14.9. The average molecular weight is 576 g/mol. The predicted molar refractivity (Wildman–Crippen MR) is 167 cm³/mol. The summed E-state index contributed by atoms with van der Waals surface area (Å²) in [7, 11) is 0. The lowest BCUT2D eigenvalue weighted by atomic mass is 9.92. The number of nitrogens with one attached hydrogen (secondary N) is 2. The van der Waals surface area contributed by atoms with E-state index in [-0.39, 0.29) is 32.6 Å². The molecule has 222 valence electrons. The molecule has 42 heavy (non-hydrogen) atoms. The second-order valence-electron chi connectivity index (χ2n) is 10.0. The summed E-state index contributed by atoms with van der Waals surface area (Å²) in [5.74, 6) is -0.606. The van der Waals surface area contributed by atoms with Gasteiger partial charge in [-0.2, -0.15) is 5.10 Å². The molecule has 3 aromatic heterocycles. The smallest absolute Gasteiger partial charge is 0.324 e. The molecule has 0 aliphatic rings. The Hall–Kier alpha value is -5.32. The summed E-state index contributed by atoms with van der Waals surface area (Å²) in [6.07, 6.45) is 3.08. The summed E-state index contributed by atoms with van der Waals surface area (Å²) in [6, 6.07) is 17.4. The van der Waals surface area contributed by atoms with Gasteiger partial charge in [-0.25, -0.2) is 13.9 Å². The summed E-state index contributed by atoms with van der Waals surface area (Å²) in [5, 5.41) is 11.0. The van der Waals surface area contributed by atoms with Gasteiger partial charge in [-0.15, -0.1) is 0 Å². The van der Waals surface area contributed by atoms with Crippen molar-refractivity contribution in [3.8, 4) is 17.2 Å². The van der Waals surface area contributed by atoms with E-state index < -0.39 is 17.8 Å². The number of rotatable bonds is 6. The number of urea groups is 1. The number of benzene rings is 2. The average Bonchev–Trinajstić information content (AvgIpc) is 3.40. The normalized spacial score (nSPS) is 10.9. The van der Waals surface area contributed by atoms with Crippen molar-refractivity contribution in [1.29, 1.82) is 0 Å². The zero-order valence-corrected chi connectivity index (χ0v) is 24.0. The van der Waals surface area contributed by atoms with Crippen LogP contribution in [0.1, 0.15) is 55.1 Å². The van der Waals surface area contributed by atoms with Crippen molar-refractivity contribution >= 4 is 34.3 Å². The van der Waals surface area contributed by atoms with Gasteiger partial charge in [-0.3, -0.25) is 20.1 Å². The van der Waals surface area contributed by atoms with Gasteiger partial charge in [0.2, 0.25) is 0 Å². The van der Waals surface area contributed by atoms with Crippen LogP contribution in [0.25, 0.3) is 16.6 Å². The topological polar surface area (TPSA) is 137 Å². The molecule has 2 aromatic carbocycles. The number of amides is 3. The van der Waals surface area contributed by atoms with Gasteiger partial charge in [-0.1, -0.05) is 40.7 Å². The maximum Gasteiger partial charge on any atom is 0.324 e. The first-order chi connectivity index (χ1) is 20.1. The number of pyridine rings is 2. The van der Waals surface area contributed by atoms with Gasteiger partial charge in [0.25, 0.3) is 5.91 Å². The van der Waals surface area contributed by atoms with Crippen molar-refractivity contribution in [2.75, 3.05) is 10.6 Å². The zero-order chi connectivity index (χ0) is 30.4. The minimum Gasteiger partial charge on any atom is -0.457 e. The third-order valence-electron chi connectivity index (χ3n) is 5.96. The van der Waals surface area contributed by atoms with Gasteiger partial charge in [0.15, 0.2) is 0 Å². The van der Waals surface area contributed by atoms with Crippen LogP contribution in [0.5, 0.6) is 11.5 Å². The SMILES string of the molecule is CC.CC(C)(C)c1cc(NC(=O)Nc2ccc(Oc3ccnc(C(N)=O)c3)cc2F)n(-c2ccc3ncccc3c2)n1.[HH].[HH].[HH]. The molecule has 0 unspecified atom stereocenters. The third-order valence-corrected chi connectivity index (χ3v) is 5.96. The summed E-state index contributed by atoms with van der Waals surface area (Å²) in [6.45, 7) is 10.1. The van der Waals surface area contributed by atoms with Gasteiger partial charge in [0.05, 0.1) is 22.6 Å². The quantitative estimate of drug-likeness (QED) is 0.191. The van der Waals surface area contributed by atoms with Gasteiger partial charge in [0, 0.05) is 45.7 Å². The van der Waals surface area contributed by atoms with Crippen LogP contribution in [-0.4, -0.2) is 31.7 Å². The number of anilines is 2. The summed E-state index contributed by atoms with van der Waals surface area (Å²) >= 11 is 0.